The zero-order valence-electron chi connectivity index (χ0n) is 11.0. The molecule has 1 heterocycles. The third-order valence-electron chi connectivity index (χ3n) is 2.99. The molecule has 20 heavy (non-hydrogen) atoms. The van der Waals surface area contributed by atoms with Crippen molar-refractivity contribution in [2.24, 2.45) is 0 Å². The molecule has 0 unspecified atom stereocenters. The number of aromatic amines is 2. The highest BCUT2D eigenvalue weighted by molar-refractivity contribution is 6.45. The van der Waals surface area contributed by atoms with Crippen molar-refractivity contribution in [2.45, 2.75) is 26.2 Å². The molecule has 7 heteroatoms. The van der Waals surface area contributed by atoms with Gasteiger partial charge in [-0.05, 0) is 12.5 Å². The zero-order chi connectivity index (χ0) is 14.7. The Hall–Kier alpha value is -1.46. The molecule has 0 amide bonds. The maximum Gasteiger partial charge on any atom is 0.314 e. The number of nitrogens with one attached hydrogen (secondary N) is 3. The molecule has 2 aromatic rings. The lowest BCUT2D eigenvalue weighted by Gasteiger charge is -2.12. The molecular formula is C13H15Cl2N3O2. The predicted molar refractivity (Wildman–Crippen MR) is 83.2 cm³/mol. The van der Waals surface area contributed by atoms with Gasteiger partial charge in [-0.3, -0.25) is 9.59 Å². The fourth-order valence-electron chi connectivity index (χ4n) is 1.96. The predicted octanol–water partition coefficient (Wildman–Crippen LogP) is 3.13. The van der Waals surface area contributed by atoms with Gasteiger partial charge in [0.15, 0.2) is 0 Å². The van der Waals surface area contributed by atoms with Crippen molar-refractivity contribution in [3.05, 3.63) is 36.8 Å². The van der Waals surface area contributed by atoms with Gasteiger partial charge in [-0.25, -0.2) is 0 Å². The molecule has 3 N–H and O–H groups in total. The van der Waals surface area contributed by atoms with Gasteiger partial charge in [0, 0.05) is 6.54 Å². The van der Waals surface area contributed by atoms with Gasteiger partial charge in [-0.15, -0.1) is 0 Å². The fourth-order valence-corrected chi connectivity index (χ4v) is 2.38. The molecule has 0 atom stereocenters. The summed E-state index contributed by atoms with van der Waals surface area (Å²) in [6.45, 7) is 2.83. The SMILES string of the molecule is CCCCCNc1c(Cl)c(Cl)cc2[nH]c(=O)c(=O)[nH]c12. The lowest BCUT2D eigenvalue weighted by Crippen LogP contribution is -2.29. The molecule has 0 aliphatic carbocycles. The number of anilines is 1. The molecule has 0 bridgehead atoms. The smallest absolute Gasteiger partial charge is 0.314 e. The summed E-state index contributed by atoms with van der Waals surface area (Å²) in [5.41, 5.74) is 0.0152. The number of hydrogen-bond acceptors (Lipinski definition) is 3. The molecule has 0 aliphatic heterocycles. The number of benzene rings is 1. The monoisotopic (exact) mass is 315 g/mol. The van der Waals surface area contributed by atoms with Gasteiger partial charge in [0.05, 0.1) is 26.8 Å². The van der Waals surface area contributed by atoms with Crippen molar-refractivity contribution in [2.75, 3.05) is 11.9 Å². The van der Waals surface area contributed by atoms with Gasteiger partial charge in [-0.1, -0.05) is 43.0 Å². The van der Waals surface area contributed by atoms with E-state index in [0.717, 1.165) is 19.3 Å². The van der Waals surface area contributed by atoms with E-state index in [1.807, 2.05) is 0 Å². The molecule has 1 aromatic heterocycles. The average Bonchev–Trinajstić information content (AvgIpc) is 2.41. The number of H-pyrrole nitrogens is 2. The van der Waals surface area contributed by atoms with Crippen LogP contribution in [-0.4, -0.2) is 16.5 Å². The van der Waals surface area contributed by atoms with Crippen LogP contribution in [0.4, 0.5) is 5.69 Å². The van der Waals surface area contributed by atoms with Gasteiger partial charge in [0.1, 0.15) is 0 Å². The first kappa shape index (κ1) is 14.9. The zero-order valence-corrected chi connectivity index (χ0v) is 12.5. The maximum atomic E-state index is 11.5. The first-order chi connectivity index (χ1) is 9.54. The van der Waals surface area contributed by atoms with Crippen molar-refractivity contribution in [3.8, 4) is 0 Å². The standard InChI is InChI=1S/C13H15Cl2N3O2/c1-2-3-4-5-16-11-9(15)7(14)6-8-10(11)18-13(20)12(19)17-8/h6,16H,2-5H2,1H3,(H,17,19)(H,18,20). The molecule has 0 radical (unpaired) electrons. The Morgan fingerprint density at radius 2 is 1.85 bits per heavy atom. The molecule has 0 spiro atoms. The molecule has 5 nitrogen and oxygen atoms in total. The van der Waals surface area contributed by atoms with E-state index in [9.17, 15) is 9.59 Å². The molecule has 2 rings (SSSR count). The summed E-state index contributed by atoms with van der Waals surface area (Å²) in [5, 5.41) is 3.82. The lowest BCUT2D eigenvalue weighted by molar-refractivity contribution is 0.744. The topological polar surface area (TPSA) is 77.8 Å². The normalized spacial score (nSPS) is 10.9. The van der Waals surface area contributed by atoms with Crippen molar-refractivity contribution in [1.29, 1.82) is 0 Å². The second-order valence-corrected chi connectivity index (χ2v) is 5.30. The molecule has 0 fully saturated rings. The van der Waals surface area contributed by atoms with E-state index in [-0.39, 0.29) is 0 Å². The highest BCUT2D eigenvalue weighted by Crippen LogP contribution is 2.35. The minimum Gasteiger partial charge on any atom is -0.382 e. The summed E-state index contributed by atoms with van der Waals surface area (Å²) in [4.78, 5) is 27.8. The first-order valence-corrected chi connectivity index (χ1v) is 7.18. The number of aromatic nitrogens is 2. The Morgan fingerprint density at radius 3 is 2.55 bits per heavy atom. The van der Waals surface area contributed by atoms with Crippen LogP contribution >= 0.6 is 23.2 Å². The van der Waals surface area contributed by atoms with E-state index < -0.39 is 11.1 Å². The summed E-state index contributed by atoms with van der Waals surface area (Å²) < 4.78 is 0. The van der Waals surface area contributed by atoms with Crippen molar-refractivity contribution >= 4 is 39.9 Å². The number of unbranched alkanes of at least 4 members (excludes halogenated alkanes) is 2. The quantitative estimate of drug-likeness (QED) is 0.586. The largest absolute Gasteiger partial charge is 0.382 e. The molecular weight excluding hydrogens is 301 g/mol. The van der Waals surface area contributed by atoms with Crippen LogP contribution in [0.3, 0.4) is 0 Å². The van der Waals surface area contributed by atoms with Crippen molar-refractivity contribution in [3.63, 3.8) is 0 Å². The minimum absolute atomic E-state index is 0.319. The van der Waals surface area contributed by atoms with Crippen molar-refractivity contribution < 1.29 is 0 Å². The van der Waals surface area contributed by atoms with Gasteiger partial charge in [0.25, 0.3) is 0 Å². The number of hydrogen-bond donors (Lipinski definition) is 3. The van der Waals surface area contributed by atoms with E-state index in [2.05, 4.69) is 22.2 Å². The Kier molecular flexibility index (Phi) is 4.73. The number of halogens is 2. The molecule has 0 aliphatic rings. The maximum absolute atomic E-state index is 11.5. The second-order valence-electron chi connectivity index (χ2n) is 4.51. The van der Waals surface area contributed by atoms with E-state index >= 15 is 0 Å². The Balaban J connectivity index is 2.49. The van der Waals surface area contributed by atoms with Gasteiger partial charge in [0.2, 0.25) is 0 Å². The number of fused-ring (bicyclic) bond motifs is 1. The van der Waals surface area contributed by atoms with Crippen LogP contribution in [0.15, 0.2) is 15.7 Å². The third kappa shape index (κ3) is 2.99. The minimum atomic E-state index is -0.715. The average molecular weight is 316 g/mol. The summed E-state index contributed by atoms with van der Waals surface area (Å²) in [5.74, 6) is 0. The van der Waals surface area contributed by atoms with E-state index in [1.165, 1.54) is 6.07 Å². The Labute approximate surface area is 125 Å². The van der Waals surface area contributed by atoms with Crippen LogP contribution in [0.2, 0.25) is 10.0 Å². The number of rotatable bonds is 5. The molecule has 0 saturated heterocycles. The second kappa shape index (κ2) is 6.33. The fraction of sp³-hybridized carbons (Fsp3) is 0.385. The lowest BCUT2D eigenvalue weighted by atomic mass is 10.2. The van der Waals surface area contributed by atoms with E-state index in [0.29, 0.717) is 33.3 Å². The Bertz CT molecular complexity index is 737. The molecule has 1 aromatic carbocycles. The summed E-state index contributed by atoms with van der Waals surface area (Å²) in [6.07, 6.45) is 3.18. The van der Waals surface area contributed by atoms with Crippen LogP contribution in [0.5, 0.6) is 0 Å². The highest BCUT2D eigenvalue weighted by atomic mass is 35.5. The van der Waals surface area contributed by atoms with Crippen LogP contribution < -0.4 is 16.4 Å². The van der Waals surface area contributed by atoms with E-state index in [4.69, 9.17) is 23.2 Å². The van der Waals surface area contributed by atoms with Crippen LogP contribution in [0.1, 0.15) is 26.2 Å². The van der Waals surface area contributed by atoms with Crippen LogP contribution in [0, 0.1) is 0 Å². The van der Waals surface area contributed by atoms with Gasteiger partial charge >= 0.3 is 11.1 Å². The Morgan fingerprint density at radius 1 is 1.15 bits per heavy atom. The van der Waals surface area contributed by atoms with Crippen LogP contribution in [0.25, 0.3) is 11.0 Å². The first-order valence-electron chi connectivity index (χ1n) is 6.42. The van der Waals surface area contributed by atoms with Crippen molar-refractivity contribution in [1.82, 2.24) is 9.97 Å². The summed E-state index contributed by atoms with van der Waals surface area (Å²) in [6, 6.07) is 1.52. The summed E-state index contributed by atoms with van der Waals surface area (Å²) in [7, 11) is 0. The summed E-state index contributed by atoms with van der Waals surface area (Å²) >= 11 is 12.2. The van der Waals surface area contributed by atoms with E-state index in [1.54, 1.807) is 0 Å². The molecule has 108 valence electrons. The van der Waals surface area contributed by atoms with Crippen LogP contribution in [-0.2, 0) is 0 Å². The third-order valence-corrected chi connectivity index (χ3v) is 3.78. The van der Waals surface area contributed by atoms with Gasteiger partial charge in [-0.2, -0.15) is 0 Å². The van der Waals surface area contributed by atoms with Gasteiger partial charge < -0.3 is 15.3 Å². The molecule has 0 saturated carbocycles. The highest BCUT2D eigenvalue weighted by Gasteiger charge is 2.12.